The number of thiophene rings is 1. The van der Waals surface area contributed by atoms with Crippen molar-refractivity contribution in [2.75, 3.05) is 0 Å². The van der Waals surface area contributed by atoms with Crippen LogP contribution in [0.3, 0.4) is 0 Å². The molecule has 0 saturated heterocycles. The molecule has 3 nitrogen and oxygen atoms in total. The Morgan fingerprint density at radius 3 is 1.42 bits per heavy atom. The molecule has 0 unspecified atom stereocenters. The van der Waals surface area contributed by atoms with Crippen LogP contribution in [-0.2, 0) is 5.41 Å². The van der Waals surface area contributed by atoms with Crippen molar-refractivity contribution in [2.45, 2.75) is 19.3 Å². The average Bonchev–Trinajstić information content (AvgIpc) is 3.70. The van der Waals surface area contributed by atoms with Crippen LogP contribution in [0.5, 0.6) is 0 Å². The standard InChI is InChI=1S/C46H33N3S/c1-46(2)38-26-16-15-25-37(38)40-39(32-21-11-5-12-22-32)41(50-42(40)46)45-48-43(33-23-13-6-14-24-33)47-44(49-45)36-28-34(30-17-7-3-8-18-30)27-35(29-36)31-19-9-4-10-20-31/h3-29H,1-2H3. The second kappa shape index (κ2) is 12.2. The zero-order chi connectivity index (χ0) is 33.7. The Kier molecular flexibility index (Phi) is 7.33. The summed E-state index contributed by atoms with van der Waals surface area (Å²) in [6.07, 6.45) is 0. The van der Waals surface area contributed by atoms with Crippen molar-refractivity contribution in [3.63, 3.8) is 0 Å². The molecule has 0 saturated carbocycles. The highest BCUT2D eigenvalue weighted by Crippen LogP contribution is 2.58. The van der Waals surface area contributed by atoms with Gasteiger partial charge in [0.2, 0.25) is 0 Å². The van der Waals surface area contributed by atoms with Crippen LogP contribution in [0.25, 0.3) is 78.0 Å². The summed E-state index contributed by atoms with van der Waals surface area (Å²) in [5.74, 6) is 1.99. The Balaban J connectivity index is 1.32. The summed E-state index contributed by atoms with van der Waals surface area (Å²) < 4.78 is 0. The Bertz CT molecular complexity index is 2430. The predicted molar refractivity (Wildman–Crippen MR) is 208 cm³/mol. The first-order valence-corrected chi connectivity index (χ1v) is 17.8. The third-order valence-corrected chi connectivity index (χ3v) is 11.2. The topological polar surface area (TPSA) is 38.7 Å². The fraction of sp³-hybridized carbons (Fsp3) is 0.0652. The van der Waals surface area contributed by atoms with Gasteiger partial charge in [0.05, 0.1) is 4.88 Å². The second-order valence-electron chi connectivity index (χ2n) is 13.3. The van der Waals surface area contributed by atoms with E-state index >= 15 is 0 Å². The second-order valence-corrected chi connectivity index (χ2v) is 14.3. The Hall–Kier alpha value is -5.97. The van der Waals surface area contributed by atoms with Gasteiger partial charge in [-0.1, -0.05) is 159 Å². The summed E-state index contributed by atoms with van der Waals surface area (Å²) in [7, 11) is 0. The highest BCUT2D eigenvalue weighted by molar-refractivity contribution is 7.17. The number of fused-ring (bicyclic) bond motifs is 3. The van der Waals surface area contributed by atoms with Crippen molar-refractivity contribution in [1.29, 1.82) is 0 Å². The molecule has 0 amide bonds. The lowest BCUT2D eigenvalue weighted by molar-refractivity contribution is 0.674. The van der Waals surface area contributed by atoms with Crippen LogP contribution >= 0.6 is 11.3 Å². The van der Waals surface area contributed by atoms with Crippen LogP contribution < -0.4 is 0 Å². The van der Waals surface area contributed by atoms with Crippen LogP contribution in [0.2, 0.25) is 0 Å². The number of benzene rings is 6. The fourth-order valence-electron chi connectivity index (χ4n) is 7.21. The Morgan fingerprint density at radius 2 is 0.840 bits per heavy atom. The average molecular weight is 660 g/mol. The normalized spacial score (nSPS) is 12.8. The zero-order valence-electron chi connectivity index (χ0n) is 27.8. The van der Waals surface area contributed by atoms with E-state index in [1.54, 1.807) is 0 Å². The van der Waals surface area contributed by atoms with Gasteiger partial charge in [-0.3, -0.25) is 0 Å². The number of hydrogen-bond donors (Lipinski definition) is 0. The van der Waals surface area contributed by atoms with E-state index in [0.29, 0.717) is 17.5 Å². The third-order valence-electron chi connectivity index (χ3n) is 9.68. The van der Waals surface area contributed by atoms with E-state index in [1.165, 1.54) is 27.1 Å². The van der Waals surface area contributed by atoms with Gasteiger partial charge in [-0.2, -0.15) is 0 Å². The minimum atomic E-state index is -0.148. The molecule has 1 aliphatic carbocycles. The van der Waals surface area contributed by atoms with Crippen molar-refractivity contribution in [3.05, 3.63) is 174 Å². The van der Waals surface area contributed by atoms with Gasteiger partial charge in [-0.05, 0) is 57.1 Å². The molecule has 0 bridgehead atoms. The molecular weight excluding hydrogens is 627 g/mol. The smallest absolute Gasteiger partial charge is 0.174 e. The number of rotatable bonds is 6. The summed E-state index contributed by atoms with van der Waals surface area (Å²) in [4.78, 5) is 18.2. The molecule has 0 fully saturated rings. The lowest BCUT2D eigenvalue weighted by Crippen LogP contribution is -2.13. The Labute approximate surface area is 296 Å². The van der Waals surface area contributed by atoms with Gasteiger partial charge in [-0.25, -0.2) is 15.0 Å². The Morgan fingerprint density at radius 1 is 0.400 bits per heavy atom. The van der Waals surface area contributed by atoms with Gasteiger partial charge in [-0.15, -0.1) is 11.3 Å². The minimum Gasteiger partial charge on any atom is -0.208 e. The maximum Gasteiger partial charge on any atom is 0.174 e. The van der Waals surface area contributed by atoms with Crippen molar-refractivity contribution in [1.82, 2.24) is 15.0 Å². The molecule has 238 valence electrons. The van der Waals surface area contributed by atoms with Crippen LogP contribution in [-0.4, -0.2) is 15.0 Å². The summed E-state index contributed by atoms with van der Waals surface area (Å²) >= 11 is 1.82. The van der Waals surface area contributed by atoms with Crippen LogP contribution in [0, 0.1) is 0 Å². The van der Waals surface area contributed by atoms with Gasteiger partial charge in [0.25, 0.3) is 0 Å². The summed E-state index contributed by atoms with van der Waals surface area (Å²) in [5, 5.41) is 0. The molecule has 4 heteroatoms. The SMILES string of the molecule is CC1(C)c2ccccc2-c2c1sc(-c1nc(-c3ccccc3)nc(-c3cc(-c4ccccc4)cc(-c4ccccc4)c3)n1)c2-c1ccccc1. The first-order valence-electron chi connectivity index (χ1n) is 17.0. The van der Waals surface area contributed by atoms with E-state index in [9.17, 15) is 0 Å². The van der Waals surface area contributed by atoms with E-state index in [1.807, 2.05) is 29.5 Å². The summed E-state index contributed by atoms with van der Waals surface area (Å²) in [6.45, 7) is 4.67. The van der Waals surface area contributed by atoms with Gasteiger partial charge in [0, 0.05) is 32.5 Å². The molecule has 2 aromatic heterocycles. The molecule has 0 atom stereocenters. The molecule has 0 N–H and O–H groups in total. The van der Waals surface area contributed by atoms with Crippen molar-refractivity contribution >= 4 is 11.3 Å². The maximum absolute atomic E-state index is 5.36. The summed E-state index contributed by atoms with van der Waals surface area (Å²) in [5.41, 5.74) is 12.5. The molecular formula is C46H33N3S. The van der Waals surface area contributed by atoms with Crippen molar-refractivity contribution in [2.24, 2.45) is 0 Å². The molecule has 8 aromatic rings. The molecule has 0 radical (unpaired) electrons. The third kappa shape index (κ3) is 5.17. The molecule has 9 rings (SSSR count). The van der Waals surface area contributed by atoms with Gasteiger partial charge < -0.3 is 0 Å². The lowest BCUT2D eigenvalue weighted by Gasteiger charge is -2.19. The van der Waals surface area contributed by atoms with E-state index in [0.717, 1.165) is 43.8 Å². The molecule has 6 aromatic carbocycles. The van der Waals surface area contributed by atoms with Gasteiger partial charge in [0.15, 0.2) is 17.5 Å². The van der Waals surface area contributed by atoms with Gasteiger partial charge >= 0.3 is 0 Å². The minimum absolute atomic E-state index is 0.148. The molecule has 1 aliphatic rings. The van der Waals surface area contributed by atoms with Crippen LogP contribution in [0.4, 0.5) is 0 Å². The largest absolute Gasteiger partial charge is 0.208 e. The first-order chi connectivity index (χ1) is 24.5. The first kappa shape index (κ1) is 30.1. The number of nitrogens with zero attached hydrogens (tertiary/aromatic N) is 3. The number of hydrogen-bond acceptors (Lipinski definition) is 4. The van der Waals surface area contributed by atoms with E-state index < -0.39 is 0 Å². The van der Waals surface area contributed by atoms with Crippen molar-refractivity contribution < 1.29 is 0 Å². The maximum atomic E-state index is 5.36. The fourth-order valence-corrected chi connectivity index (χ4v) is 8.60. The van der Waals surface area contributed by atoms with E-state index in [4.69, 9.17) is 15.0 Å². The van der Waals surface area contributed by atoms with Crippen molar-refractivity contribution in [3.8, 4) is 78.0 Å². The quantitative estimate of drug-likeness (QED) is 0.178. The molecule has 0 aliphatic heterocycles. The predicted octanol–water partition coefficient (Wildman–Crippen LogP) is 12.2. The van der Waals surface area contributed by atoms with E-state index in [2.05, 4.69) is 159 Å². The van der Waals surface area contributed by atoms with Gasteiger partial charge in [0.1, 0.15) is 0 Å². The van der Waals surface area contributed by atoms with Crippen LogP contribution in [0.15, 0.2) is 164 Å². The zero-order valence-corrected chi connectivity index (χ0v) is 28.7. The highest BCUT2D eigenvalue weighted by Gasteiger charge is 2.41. The molecule has 2 heterocycles. The molecule has 0 spiro atoms. The highest BCUT2D eigenvalue weighted by atomic mass is 32.1. The summed E-state index contributed by atoms with van der Waals surface area (Å²) in [6, 6.07) is 57.5. The molecule has 50 heavy (non-hydrogen) atoms. The lowest BCUT2D eigenvalue weighted by atomic mass is 9.87. The van der Waals surface area contributed by atoms with Crippen LogP contribution in [0.1, 0.15) is 24.3 Å². The monoisotopic (exact) mass is 659 g/mol. The van der Waals surface area contributed by atoms with E-state index in [-0.39, 0.29) is 5.41 Å². The number of aromatic nitrogens is 3.